The van der Waals surface area contributed by atoms with Crippen LogP contribution in [0.15, 0.2) is 48.5 Å². The molecule has 1 fully saturated rings. The van der Waals surface area contributed by atoms with Crippen LogP contribution in [0.5, 0.6) is 0 Å². The number of likely N-dealkylation sites (tertiary alicyclic amines) is 1. The number of hydrogen-bond acceptors (Lipinski definition) is 4. The number of aliphatic carboxylic acids is 1. The van der Waals surface area contributed by atoms with Gasteiger partial charge < -0.3 is 14.6 Å². The zero-order valence-corrected chi connectivity index (χ0v) is 15.1. The number of rotatable bonds is 5. The zero-order valence-electron chi connectivity index (χ0n) is 15.1. The van der Waals surface area contributed by atoms with Crippen molar-refractivity contribution in [3.8, 4) is 11.1 Å². The average Bonchev–Trinajstić information content (AvgIpc) is 2.97. The summed E-state index contributed by atoms with van der Waals surface area (Å²) in [5, 5.41) is 9.54. The fourth-order valence-electron chi connectivity index (χ4n) is 4.10. The van der Waals surface area contributed by atoms with E-state index in [2.05, 4.69) is 12.1 Å². The number of ether oxygens (including phenoxy) is 2. The van der Waals surface area contributed by atoms with Gasteiger partial charge in [0.1, 0.15) is 6.61 Å². The number of fused-ring (bicyclic) bond motifs is 3. The number of amides is 1. The second kappa shape index (κ2) is 6.70. The second-order valence-electron chi connectivity index (χ2n) is 6.98. The van der Waals surface area contributed by atoms with Gasteiger partial charge in [0.25, 0.3) is 0 Å². The van der Waals surface area contributed by atoms with Crippen LogP contribution in [-0.2, 0) is 14.3 Å². The molecular formula is C21H21NO5. The molecule has 27 heavy (non-hydrogen) atoms. The number of carbonyl (C=O) groups excluding carboxylic acids is 1. The van der Waals surface area contributed by atoms with E-state index < -0.39 is 17.6 Å². The van der Waals surface area contributed by atoms with Crippen molar-refractivity contribution in [1.82, 2.24) is 4.90 Å². The molecule has 6 heteroatoms. The topological polar surface area (TPSA) is 76.1 Å². The Morgan fingerprint density at radius 2 is 1.70 bits per heavy atom. The maximum Gasteiger partial charge on any atom is 0.410 e. The summed E-state index contributed by atoms with van der Waals surface area (Å²) in [6.45, 7) is 0.477. The highest BCUT2D eigenvalue weighted by Gasteiger charge is 2.55. The molecule has 6 nitrogen and oxygen atoms in total. The van der Waals surface area contributed by atoms with Gasteiger partial charge in [0.05, 0.1) is 6.61 Å². The van der Waals surface area contributed by atoms with E-state index in [0.717, 1.165) is 22.3 Å². The summed E-state index contributed by atoms with van der Waals surface area (Å²) in [6, 6.07) is 16.2. The summed E-state index contributed by atoms with van der Waals surface area (Å²) in [4.78, 5) is 25.5. The predicted octanol–water partition coefficient (Wildman–Crippen LogP) is 3.11. The summed E-state index contributed by atoms with van der Waals surface area (Å²) < 4.78 is 10.6. The molecule has 4 rings (SSSR count). The van der Waals surface area contributed by atoms with E-state index >= 15 is 0 Å². The Morgan fingerprint density at radius 3 is 2.19 bits per heavy atom. The van der Waals surface area contributed by atoms with Crippen molar-refractivity contribution in [2.75, 3.05) is 26.9 Å². The van der Waals surface area contributed by atoms with Crippen LogP contribution in [0.1, 0.15) is 23.5 Å². The molecule has 0 spiro atoms. The lowest BCUT2D eigenvalue weighted by atomic mass is 9.86. The second-order valence-corrected chi connectivity index (χ2v) is 6.98. The molecule has 2 aliphatic rings. The highest BCUT2D eigenvalue weighted by molar-refractivity contribution is 5.87. The summed E-state index contributed by atoms with van der Waals surface area (Å²) in [6.07, 6.45) is -0.247. The minimum Gasteiger partial charge on any atom is -0.479 e. The van der Waals surface area contributed by atoms with E-state index in [1.807, 2.05) is 36.4 Å². The largest absolute Gasteiger partial charge is 0.479 e. The molecule has 140 valence electrons. The molecule has 2 aromatic carbocycles. The van der Waals surface area contributed by atoms with Crippen LogP contribution in [0.25, 0.3) is 11.1 Å². The number of methoxy groups -OCH3 is 1. The molecule has 0 bridgehead atoms. The van der Waals surface area contributed by atoms with Crippen LogP contribution in [0, 0.1) is 0 Å². The van der Waals surface area contributed by atoms with E-state index in [0.29, 0.717) is 13.0 Å². The van der Waals surface area contributed by atoms with Crippen molar-refractivity contribution in [1.29, 1.82) is 0 Å². The first-order valence-electron chi connectivity index (χ1n) is 8.93. The molecule has 0 radical (unpaired) electrons. The van der Waals surface area contributed by atoms with Gasteiger partial charge in [-0.1, -0.05) is 48.5 Å². The number of nitrogens with zero attached hydrogens (tertiary/aromatic N) is 1. The highest BCUT2D eigenvalue weighted by atomic mass is 16.6. The summed E-state index contributed by atoms with van der Waals surface area (Å²) in [5.74, 6) is -1.12. The van der Waals surface area contributed by atoms with Gasteiger partial charge >= 0.3 is 12.1 Å². The van der Waals surface area contributed by atoms with Gasteiger partial charge in [0.2, 0.25) is 0 Å². The molecule has 1 saturated heterocycles. The molecule has 0 saturated carbocycles. The third-order valence-electron chi connectivity index (χ3n) is 5.60. The first kappa shape index (κ1) is 17.5. The quantitative estimate of drug-likeness (QED) is 0.879. The van der Waals surface area contributed by atoms with Gasteiger partial charge in [-0.05, 0) is 22.3 Å². The lowest BCUT2D eigenvalue weighted by molar-refractivity contribution is -0.164. The minimum absolute atomic E-state index is 0.0491. The van der Waals surface area contributed by atoms with Crippen LogP contribution in [0.3, 0.4) is 0 Å². The Bertz CT molecular complexity index is 850. The minimum atomic E-state index is -1.32. The Morgan fingerprint density at radius 1 is 1.11 bits per heavy atom. The molecule has 1 aliphatic carbocycles. The van der Waals surface area contributed by atoms with Crippen LogP contribution < -0.4 is 0 Å². The third kappa shape index (κ3) is 2.68. The number of carboxylic acids is 1. The van der Waals surface area contributed by atoms with Crippen molar-refractivity contribution >= 4 is 12.1 Å². The fourth-order valence-corrected chi connectivity index (χ4v) is 4.10. The molecule has 1 atom stereocenters. The lowest BCUT2D eigenvalue weighted by Gasteiger charge is -2.47. The summed E-state index contributed by atoms with van der Waals surface area (Å²) in [7, 11) is 1.43. The monoisotopic (exact) mass is 367 g/mol. The Hall–Kier alpha value is -2.86. The van der Waals surface area contributed by atoms with Crippen LogP contribution in [-0.4, -0.2) is 54.5 Å². The van der Waals surface area contributed by atoms with Gasteiger partial charge in [-0.15, -0.1) is 0 Å². The third-order valence-corrected chi connectivity index (χ3v) is 5.60. The van der Waals surface area contributed by atoms with E-state index in [1.54, 1.807) is 0 Å². The van der Waals surface area contributed by atoms with E-state index in [1.165, 1.54) is 12.0 Å². The molecule has 0 aromatic heterocycles. The van der Waals surface area contributed by atoms with Gasteiger partial charge in [0, 0.05) is 26.0 Å². The van der Waals surface area contributed by atoms with E-state index in [9.17, 15) is 14.7 Å². The SMILES string of the molecule is COCC1(C(=O)O)CCN1C(=O)OCC1c2ccccc2-c2ccccc21. The number of carboxylic acid groups (broad SMARTS) is 1. The van der Waals surface area contributed by atoms with Crippen molar-refractivity contribution in [2.24, 2.45) is 0 Å². The van der Waals surface area contributed by atoms with Crippen molar-refractivity contribution in [3.63, 3.8) is 0 Å². The Balaban J connectivity index is 1.52. The predicted molar refractivity (Wildman–Crippen MR) is 98.6 cm³/mol. The van der Waals surface area contributed by atoms with Gasteiger partial charge in [-0.3, -0.25) is 4.90 Å². The van der Waals surface area contributed by atoms with Gasteiger partial charge in [0.15, 0.2) is 5.54 Å². The van der Waals surface area contributed by atoms with Crippen LogP contribution in [0.2, 0.25) is 0 Å². The van der Waals surface area contributed by atoms with Crippen LogP contribution in [0.4, 0.5) is 4.79 Å². The number of benzene rings is 2. The normalized spacial score (nSPS) is 20.6. The molecule has 2 aromatic rings. The lowest BCUT2D eigenvalue weighted by Crippen LogP contribution is -2.68. The molecule has 1 heterocycles. The Labute approximate surface area is 157 Å². The first-order chi connectivity index (χ1) is 13.1. The first-order valence-corrected chi connectivity index (χ1v) is 8.93. The fraction of sp³-hybridized carbons (Fsp3) is 0.333. The summed E-state index contributed by atoms with van der Waals surface area (Å²) >= 11 is 0. The van der Waals surface area contributed by atoms with Crippen molar-refractivity contribution in [2.45, 2.75) is 17.9 Å². The number of hydrogen-bond donors (Lipinski definition) is 1. The smallest absolute Gasteiger partial charge is 0.410 e. The molecule has 1 N–H and O–H groups in total. The maximum atomic E-state index is 12.6. The van der Waals surface area contributed by atoms with Crippen LogP contribution >= 0.6 is 0 Å². The Kier molecular flexibility index (Phi) is 4.36. The molecule has 1 amide bonds. The van der Waals surface area contributed by atoms with Crippen molar-refractivity contribution < 1.29 is 24.2 Å². The number of carbonyl (C=O) groups is 2. The maximum absolute atomic E-state index is 12.6. The van der Waals surface area contributed by atoms with E-state index in [4.69, 9.17) is 9.47 Å². The summed E-state index contributed by atoms with van der Waals surface area (Å²) in [5.41, 5.74) is 3.22. The van der Waals surface area contributed by atoms with Gasteiger partial charge in [-0.2, -0.15) is 0 Å². The average molecular weight is 367 g/mol. The van der Waals surface area contributed by atoms with Gasteiger partial charge in [-0.25, -0.2) is 9.59 Å². The molecular weight excluding hydrogens is 346 g/mol. The van der Waals surface area contributed by atoms with Crippen molar-refractivity contribution in [3.05, 3.63) is 59.7 Å². The highest BCUT2D eigenvalue weighted by Crippen LogP contribution is 2.44. The standard InChI is InChI=1S/C21H21NO5/c1-26-13-21(19(23)24)10-11-22(21)20(25)27-12-18-16-8-4-2-6-14(16)15-7-3-5-9-17(15)18/h2-9,18H,10-13H2,1H3,(H,23,24). The van der Waals surface area contributed by atoms with E-state index in [-0.39, 0.29) is 19.1 Å². The molecule has 1 aliphatic heterocycles. The molecule has 1 unspecified atom stereocenters. The zero-order chi connectivity index (χ0) is 19.0.